The number of hydrogen-bond acceptors (Lipinski definition) is 5. The molecule has 1 aliphatic carbocycles. The van der Waals surface area contributed by atoms with E-state index in [1.807, 2.05) is 53.8 Å². The maximum Gasteiger partial charge on any atom is 0.407 e. The summed E-state index contributed by atoms with van der Waals surface area (Å²) in [6.45, 7) is -0.0620. The Morgan fingerprint density at radius 2 is 1.33 bits per heavy atom. The molecule has 3 rings (SSSR count). The van der Waals surface area contributed by atoms with Gasteiger partial charge in [-0.25, -0.2) is 9.59 Å². The quantitative estimate of drug-likeness (QED) is 0.481. The van der Waals surface area contributed by atoms with Crippen LogP contribution in [0.3, 0.4) is 0 Å². The Kier molecular flexibility index (Phi) is 6.01. The third-order valence-corrected chi connectivity index (χ3v) is 5.00. The molecule has 9 heteroatoms. The van der Waals surface area contributed by atoms with Crippen molar-refractivity contribution in [3.05, 3.63) is 59.7 Å². The molecule has 9 nitrogen and oxygen atoms in total. The number of amides is 1. The first-order valence-electron chi connectivity index (χ1n) is 9.09. The van der Waals surface area contributed by atoms with Crippen LogP contribution in [0.1, 0.15) is 23.5 Å². The van der Waals surface area contributed by atoms with Gasteiger partial charge in [0.05, 0.1) is 0 Å². The van der Waals surface area contributed by atoms with Crippen LogP contribution >= 0.6 is 0 Å². The maximum atomic E-state index is 12.2. The van der Waals surface area contributed by atoms with E-state index < -0.39 is 42.4 Å². The molecule has 1 unspecified atom stereocenters. The fourth-order valence-corrected chi connectivity index (χ4v) is 3.55. The van der Waals surface area contributed by atoms with Crippen molar-refractivity contribution in [1.82, 2.24) is 5.32 Å². The number of fused-ring (bicyclic) bond motifs is 3. The van der Waals surface area contributed by atoms with Crippen LogP contribution in [0.2, 0.25) is 0 Å². The third kappa shape index (κ3) is 4.24. The summed E-state index contributed by atoms with van der Waals surface area (Å²) < 4.78 is 5.21. The van der Waals surface area contributed by atoms with Crippen molar-refractivity contribution >= 4 is 24.0 Å². The predicted molar refractivity (Wildman–Crippen MR) is 103 cm³/mol. The highest BCUT2D eigenvalue weighted by atomic mass is 16.5. The summed E-state index contributed by atoms with van der Waals surface area (Å²) in [4.78, 5) is 45.5. The van der Waals surface area contributed by atoms with Gasteiger partial charge in [0.1, 0.15) is 12.6 Å². The molecule has 1 atom stereocenters. The second kappa shape index (κ2) is 8.64. The van der Waals surface area contributed by atoms with Gasteiger partial charge in [-0.3, -0.25) is 9.59 Å². The van der Waals surface area contributed by atoms with Gasteiger partial charge in [0.25, 0.3) is 0 Å². The Morgan fingerprint density at radius 1 is 0.833 bits per heavy atom. The molecule has 0 fully saturated rings. The van der Waals surface area contributed by atoms with E-state index in [0.717, 1.165) is 22.3 Å². The van der Waals surface area contributed by atoms with Gasteiger partial charge >= 0.3 is 24.0 Å². The summed E-state index contributed by atoms with van der Waals surface area (Å²) in [6, 6.07) is 13.6. The van der Waals surface area contributed by atoms with Crippen LogP contribution < -0.4 is 5.32 Å². The Bertz CT molecular complexity index is 943. The van der Waals surface area contributed by atoms with Crippen LogP contribution in [0.25, 0.3) is 11.1 Å². The molecule has 0 aliphatic heterocycles. The van der Waals surface area contributed by atoms with Gasteiger partial charge in [-0.05, 0) is 22.3 Å². The van der Waals surface area contributed by atoms with Crippen molar-refractivity contribution < 1.29 is 39.2 Å². The second-order valence-electron chi connectivity index (χ2n) is 6.83. The Hall–Kier alpha value is -3.88. The van der Waals surface area contributed by atoms with Crippen LogP contribution in [0.4, 0.5) is 4.79 Å². The van der Waals surface area contributed by atoms with Gasteiger partial charge in [0.15, 0.2) is 5.92 Å². The van der Waals surface area contributed by atoms with Crippen molar-refractivity contribution in [1.29, 1.82) is 0 Å². The maximum absolute atomic E-state index is 12.2. The average Bonchev–Trinajstić information content (AvgIpc) is 3.02. The number of ether oxygens (including phenoxy) is 1. The second-order valence-corrected chi connectivity index (χ2v) is 6.83. The molecule has 4 N–H and O–H groups in total. The number of carboxylic acids is 3. The van der Waals surface area contributed by atoms with Crippen LogP contribution in [0.15, 0.2) is 48.5 Å². The number of nitrogens with one attached hydrogen (secondary N) is 1. The van der Waals surface area contributed by atoms with Crippen LogP contribution in [-0.2, 0) is 19.1 Å². The van der Waals surface area contributed by atoms with Crippen molar-refractivity contribution in [3.8, 4) is 11.1 Å². The molecule has 1 amide bonds. The van der Waals surface area contributed by atoms with Crippen molar-refractivity contribution in [2.75, 3.05) is 6.61 Å². The zero-order valence-corrected chi connectivity index (χ0v) is 15.6. The third-order valence-electron chi connectivity index (χ3n) is 5.00. The Labute approximate surface area is 170 Å². The number of benzene rings is 2. The number of carbonyl (C=O) groups excluding carboxylic acids is 1. The van der Waals surface area contributed by atoms with E-state index in [4.69, 9.17) is 14.9 Å². The summed E-state index contributed by atoms with van der Waals surface area (Å²) in [7, 11) is 0. The van der Waals surface area contributed by atoms with Gasteiger partial charge in [0.2, 0.25) is 0 Å². The van der Waals surface area contributed by atoms with Crippen LogP contribution in [-0.4, -0.2) is 52.0 Å². The average molecular weight is 413 g/mol. The van der Waals surface area contributed by atoms with E-state index in [0.29, 0.717) is 0 Å². The Morgan fingerprint density at radius 3 is 1.80 bits per heavy atom. The molecular formula is C21H19NO8. The minimum Gasteiger partial charge on any atom is -0.481 e. The smallest absolute Gasteiger partial charge is 0.407 e. The zero-order valence-electron chi connectivity index (χ0n) is 15.6. The summed E-state index contributed by atoms with van der Waals surface area (Å²) in [6.07, 6.45) is -1.89. The van der Waals surface area contributed by atoms with E-state index in [2.05, 4.69) is 0 Å². The van der Waals surface area contributed by atoms with Crippen molar-refractivity contribution in [2.24, 2.45) is 5.92 Å². The molecule has 0 aromatic heterocycles. The molecular weight excluding hydrogens is 394 g/mol. The van der Waals surface area contributed by atoms with E-state index in [1.165, 1.54) is 0 Å². The molecule has 2 aromatic rings. The molecule has 156 valence electrons. The molecule has 0 saturated heterocycles. The van der Waals surface area contributed by atoms with Gasteiger partial charge in [-0.15, -0.1) is 0 Å². The molecule has 0 spiro atoms. The lowest BCUT2D eigenvalue weighted by atomic mass is 9.98. The lowest BCUT2D eigenvalue weighted by Crippen LogP contribution is -2.44. The lowest BCUT2D eigenvalue weighted by Gasteiger charge is -2.18. The predicted octanol–water partition coefficient (Wildman–Crippen LogP) is 2.15. The van der Waals surface area contributed by atoms with E-state index in [1.54, 1.807) is 0 Å². The first-order valence-corrected chi connectivity index (χ1v) is 9.09. The standard InChI is InChI=1S/C21H19NO8/c23-18(24)15(19(25)26)9-17(20(27)28)22-21(29)30-10-16-13-7-3-1-5-11(13)12-6-2-4-8-14(12)16/h1-8,15-17H,9-10H2,(H,22,29)(H,23,24)(H,25,26)(H,27,28). The zero-order chi connectivity index (χ0) is 21.8. The van der Waals surface area contributed by atoms with Crippen molar-refractivity contribution in [3.63, 3.8) is 0 Å². The van der Waals surface area contributed by atoms with Crippen molar-refractivity contribution in [2.45, 2.75) is 18.4 Å². The minimum atomic E-state index is -1.97. The molecule has 1 aliphatic rings. The normalized spacial score (nSPS) is 13.2. The fourth-order valence-electron chi connectivity index (χ4n) is 3.55. The monoisotopic (exact) mass is 413 g/mol. The first-order chi connectivity index (χ1) is 14.3. The summed E-state index contributed by atoms with van der Waals surface area (Å²) >= 11 is 0. The summed E-state index contributed by atoms with van der Waals surface area (Å²) in [5.74, 6) is -7.15. The van der Waals surface area contributed by atoms with E-state index in [9.17, 15) is 24.3 Å². The SMILES string of the molecule is O=C(NC(CC(C(=O)O)C(=O)O)C(=O)O)OCC1c2ccccc2-c2ccccc21. The summed E-state index contributed by atoms with van der Waals surface area (Å²) in [5, 5.41) is 29.1. The summed E-state index contributed by atoms with van der Waals surface area (Å²) in [5.41, 5.74) is 3.99. The van der Waals surface area contributed by atoms with Gasteiger partial charge in [-0.1, -0.05) is 48.5 Å². The fraction of sp³-hybridized carbons (Fsp3) is 0.238. The highest BCUT2D eigenvalue weighted by molar-refractivity contribution is 5.94. The molecule has 0 bridgehead atoms. The number of carboxylic acid groups (broad SMARTS) is 3. The number of alkyl carbamates (subject to hydrolysis) is 1. The highest BCUT2D eigenvalue weighted by Crippen LogP contribution is 2.44. The Balaban J connectivity index is 1.68. The number of aliphatic carboxylic acids is 3. The molecule has 0 saturated carbocycles. The number of rotatable bonds is 8. The van der Waals surface area contributed by atoms with E-state index >= 15 is 0 Å². The van der Waals surface area contributed by atoms with Gasteiger partial charge in [-0.2, -0.15) is 0 Å². The molecule has 0 heterocycles. The van der Waals surface area contributed by atoms with Gasteiger partial charge in [0, 0.05) is 12.3 Å². The highest BCUT2D eigenvalue weighted by Gasteiger charge is 2.34. The van der Waals surface area contributed by atoms with E-state index in [-0.39, 0.29) is 12.5 Å². The molecule has 0 radical (unpaired) electrons. The lowest BCUT2D eigenvalue weighted by molar-refractivity contribution is -0.155. The van der Waals surface area contributed by atoms with Gasteiger partial charge < -0.3 is 25.4 Å². The van der Waals surface area contributed by atoms with Crippen LogP contribution in [0, 0.1) is 5.92 Å². The number of carbonyl (C=O) groups is 4. The topological polar surface area (TPSA) is 150 Å². The molecule has 2 aromatic carbocycles. The molecule has 30 heavy (non-hydrogen) atoms. The minimum absolute atomic E-state index is 0.0620. The van der Waals surface area contributed by atoms with Crippen LogP contribution in [0.5, 0.6) is 0 Å². The number of hydrogen-bond donors (Lipinski definition) is 4. The first kappa shape index (κ1) is 20.8. The largest absolute Gasteiger partial charge is 0.481 e.